The van der Waals surface area contributed by atoms with Crippen LogP contribution in [0, 0.1) is 10.6 Å². The summed E-state index contributed by atoms with van der Waals surface area (Å²) >= 11 is 0.735. The molecule has 1 aromatic heterocycles. The molecule has 0 aliphatic carbocycles. The molecule has 5 N–H and O–H groups in total. The number of nitrogens with one attached hydrogen (secondary N) is 3. The van der Waals surface area contributed by atoms with Crippen molar-refractivity contribution in [1.29, 1.82) is 4.78 Å². The van der Waals surface area contributed by atoms with Crippen LogP contribution in [-0.4, -0.2) is 47.4 Å². The number of thioether (sulfide) groups is 1. The van der Waals surface area contributed by atoms with Gasteiger partial charge in [0.1, 0.15) is 15.4 Å². The standard InChI is InChI=1S/C19H28FN5O5S2/c1-9(2)13-11(20)7-22-14(10(3)4)15(13)23-17(26)25-8-12(31-16(25)19(5,6)29)32(21,30)24-18(27)28/h7-10,16,29H,1-6H3,(H,23,26)(H,27,28)(H2,21,24,30). The molecule has 0 bridgehead atoms. The number of carbonyl (C=O) groups excluding carboxylic acids is 1. The summed E-state index contributed by atoms with van der Waals surface area (Å²) in [5, 5.41) is 21.1. The second kappa shape index (κ2) is 9.24. The molecule has 1 aliphatic rings. The van der Waals surface area contributed by atoms with Gasteiger partial charge in [-0.2, -0.15) is 0 Å². The summed E-state index contributed by atoms with van der Waals surface area (Å²) in [7, 11) is -3.97. The number of amides is 3. The van der Waals surface area contributed by atoms with Crippen LogP contribution in [0.5, 0.6) is 0 Å². The number of pyridine rings is 1. The number of anilines is 1. The molecule has 10 nitrogen and oxygen atoms in total. The van der Waals surface area contributed by atoms with Crippen LogP contribution < -0.4 is 10.0 Å². The first-order valence-electron chi connectivity index (χ1n) is 9.74. The van der Waals surface area contributed by atoms with Gasteiger partial charge in [-0.15, -0.1) is 0 Å². The number of aromatic nitrogens is 1. The molecule has 1 aliphatic heterocycles. The fourth-order valence-corrected chi connectivity index (χ4v) is 5.67. The van der Waals surface area contributed by atoms with E-state index in [0.29, 0.717) is 5.69 Å². The lowest BCUT2D eigenvalue weighted by Gasteiger charge is -2.32. The van der Waals surface area contributed by atoms with E-state index >= 15 is 0 Å². The maximum absolute atomic E-state index is 14.6. The highest BCUT2D eigenvalue weighted by Gasteiger charge is 2.43. The molecule has 0 fully saturated rings. The lowest BCUT2D eigenvalue weighted by atomic mass is 9.96. The Hall–Kier alpha value is -2.38. The van der Waals surface area contributed by atoms with Crippen molar-refractivity contribution in [2.24, 2.45) is 0 Å². The Morgan fingerprint density at radius 1 is 1.31 bits per heavy atom. The number of aliphatic hydroxyl groups is 1. The number of hydrogen-bond acceptors (Lipinski definition) is 7. The molecule has 0 radical (unpaired) electrons. The Balaban J connectivity index is 2.53. The van der Waals surface area contributed by atoms with Gasteiger partial charge in [0.25, 0.3) is 0 Å². The summed E-state index contributed by atoms with van der Waals surface area (Å²) in [5.41, 5.74) is -0.571. The highest BCUT2D eigenvalue weighted by atomic mass is 32.3. The van der Waals surface area contributed by atoms with E-state index in [2.05, 4.69) is 10.3 Å². The predicted octanol–water partition coefficient (Wildman–Crippen LogP) is 4.17. The topological polar surface area (TPSA) is 156 Å². The Morgan fingerprint density at radius 3 is 2.38 bits per heavy atom. The van der Waals surface area contributed by atoms with Crippen molar-refractivity contribution in [1.82, 2.24) is 14.6 Å². The van der Waals surface area contributed by atoms with Gasteiger partial charge < -0.3 is 15.5 Å². The molecule has 0 aromatic carbocycles. The normalized spacial score (nSPS) is 18.5. The number of nitrogens with zero attached hydrogens (tertiary/aromatic N) is 2. The third-order valence-corrected chi connectivity index (χ3v) is 8.03. The minimum Gasteiger partial charge on any atom is -0.464 e. The molecule has 2 unspecified atom stereocenters. The van der Waals surface area contributed by atoms with Crippen LogP contribution in [-0.2, 0) is 9.92 Å². The smallest absolute Gasteiger partial charge is 0.417 e. The van der Waals surface area contributed by atoms with E-state index in [1.165, 1.54) is 13.8 Å². The highest BCUT2D eigenvalue weighted by molar-refractivity contribution is 8.19. The largest absolute Gasteiger partial charge is 0.464 e. The molecule has 0 saturated heterocycles. The van der Waals surface area contributed by atoms with Crippen LogP contribution in [0.4, 0.5) is 19.7 Å². The summed E-state index contributed by atoms with van der Waals surface area (Å²) in [6, 6.07) is -0.777. The third kappa shape index (κ3) is 5.51. The van der Waals surface area contributed by atoms with Crippen molar-refractivity contribution in [3.8, 4) is 0 Å². The van der Waals surface area contributed by atoms with Gasteiger partial charge in [0.15, 0.2) is 9.92 Å². The number of carboxylic acid groups (broad SMARTS) is 1. The predicted molar refractivity (Wildman–Crippen MR) is 121 cm³/mol. The Bertz CT molecular complexity index is 1050. The van der Waals surface area contributed by atoms with Crippen molar-refractivity contribution >= 4 is 39.5 Å². The van der Waals surface area contributed by atoms with Crippen LogP contribution in [0.3, 0.4) is 0 Å². The number of carbonyl (C=O) groups is 2. The monoisotopic (exact) mass is 489 g/mol. The maximum atomic E-state index is 14.6. The van der Waals surface area contributed by atoms with Crippen molar-refractivity contribution in [3.05, 3.63) is 33.7 Å². The molecule has 0 saturated carbocycles. The van der Waals surface area contributed by atoms with Crippen LogP contribution in [0.1, 0.15) is 64.6 Å². The summed E-state index contributed by atoms with van der Waals surface area (Å²) in [6.07, 6.45) is 0.504. The van der Waals surface area contributed by atoms with Crippen LogP contribution in [0.2, 0.25) is 0 Å². The number of urea groups is 1. The summed E-state index contributed by atoms with van der Waals surface area (Å²) in [4.78, 5) is 29.3. The van der Waals surface area contributed by atoms with E-state index in [-0.39, 0.29) is 27.3 Å². The molecule has 13 heteroatoms. The van der Waals surface area contributed by atoms with E-state index in [4.69, 9.17) is 9.89 Å². The van der Waals surface area contributed by atoms with E-state index in [9.17, 15) is 23.3 Å². The first kappa shape index (κ1) is 25.9. The zero-order valence-corrected chi connectivity index (χ0v) is 20.2. The zero-order valence-electron chi connectivity index (χ0n) is 18.6. The molecular formula is C19H28FN5O5S2. The van der Waals surface area contributed by atoms with Crippen LogP contribution in [0.15, 0.2) is 16.6 Å². The van der Waals surface area contributed by atoms with E-state index < -0.39 is 38.8 Å². The lowest BCUT2D eigenvalue weighted by molar-refractivity contribution is 0.0470. The third-order valence-electron chi connectivity index (χ3n) is 4.53. The van der Waals surface area contributed by atoms with Gasteiger partial charge >= 0.3 is 12.1 Å². The lowest BCUT2D eigenvalue weighted by Crippen LogP contribution is -2.47. The van der Waals surface area contributed by atoms with Crippen LogP contribution >= 0.6 is 11.8 Å². The molecule has 32 heavy (non-hydrogen) atoms. The van der Waals surface area contributed by atoms with Crippen molar-refractivity contribution in [2.45, 2.75) is 64.4 Å². The first-order valence-corrected chi connectivity index (χ1v) is 12.2. The van der Waals surface area contributed by atoms with E-state index in [1.54, 1.807) is 18.6 Å². The zero-order chi connectivity index (χ0) is 24.6. The molecule has 3 amide bonds. The van der Waals surface area contributed by atoms with Gasteiger partial charge in [0, 0.05) is 11.8 Å². The van der Waals surface area contributed by atoms with Gasteiger partial charge in [-0.1, -0.05) is 39.5 Å². The van der Waals surface area contributed by atoms with Crippen molar-refractivity contribution < 1.29 is 28.4 Å². The van der Waals surface area contributed by atoms with Crippen LogP contribution in [0.25, 0.3) is 0 Å². The molecule has 2 atom stereocenters. The van der Waals surface area contributed by atoms with E-state index in [1.807, 2.05) is 13.8 Å². The molecular weight excluding hydrogens is 461 g/mol. The average molecular weight is 490 g/mol. The van der Waals surface area contributed by atoms with Gasteiger partial charge in [0.05, 0.1) is 23.2 Å². The molecule has 2 heterocycles. The second-order valence-corrected chi connectivity index (χ2v) is 11.6. The van der Waals surface area contributed by atoms with E-state index in [0.717, 1.165) is 29.1 Å². The Labute approximate surface area is 190 Å². The summed E-state index contributed by atoms with van der Waals surface area (Å²) < 4.78 is 36.3. The van der Waals surface area contributed by atoms with Gasteiger partial charge in [-0.05, 0) is 25.7 Å². The maximum Gasteiger partial charge on any atom is 0.417 e. The Kier molecular flexibility index (Phi) is 7.47. The Morgan fingerprint density at radius 2 is 1.91 bits per heavy atom. The minimum absolute atomic E-state index is 0.140. The minimum atomic E-state index is -3.97. The quantitative estimate of drug-likeness (QED) is 0.401. The SMILES string of the molecule is CC(C)c1ncc(F)c(C(C)C)c1NC(=O)N1C=C(S(=N)(=O)NC(=O)O)SC1C(C)(C)O. The number of halogens is 1. The number of hydrogen-bond donors (Lipinski definition) is 5. The van der Waals surface area contributed by atoms with Gasteiger partial charge in [0.2, 0.25) is 0 Å². The first-order chi connectivity index (χ1) is 14.6. The van der Waals surface area contributed by atoms with Crippen molar-refractivity contribution in [2.75, 3.05) is 5.32 Å². The second-order valence-electron chi connectivity index (χ2n) is 8.46. The van der Waals surface area contributed by atoms with Crippen molar-refractivity contribution in [3.63, 3.8) is 0 Å². The molecule has 178 valence electrons. The molecule has 1 aromatic rings. The van der Waals surface area contributed by atoms with Gasteiger partial charge in [-0.3, -0.25) is 9.88 Å². The fourth-order valence-electron chi connectivity index (χ4n) is 3.17. The summed E-state index contributed by atoms with van der Waals surface area (Å²) in [5.74, 6) is -0.994. The average Bonchev–Trinajstić information content (AvgIpc) is 3.07. The van der Waals surface area contributed by atoms with Gasteiger partial charge in [-0.25, -0.2) is 27.7 Å². The number of rotatable bonds is 6. The summed E-state index contributed by atoms with van der Waals surface area (Å²) in [6.45, 7) is 10.1. The fraction of sp³-hybridized carbons (Fsp3) is 0.526. The molecule has 0 spiro atoms. The highest BCUT2D eigenvalue weighted by Crippen LogP contribution is 2.42. The molecule has 2 rings (SSSR count).